The Bertz CT molecular complexity index is 487. The smallest absolute Gasteiger partial charge is 0.325 e. The Morgan fingerprint density at radius 1 is 1.45 bits per heavy atom. The summed E-state index contributed by atoms with van der Waals surface area (Å²) in [6.07, 6.45) is 1.21. The van der Waals surface area contributed by atoms with Crippen LogP contribution in [0.4, 0.5) is 9.59 Å². The zero-order chi connectivity index (χ0) is 13.9. The number of carbonyl (C=O) groups excluding carboxylic acids is 2. The lowest BCUT2D eigenvalue weighted by molar-refractivity contribution is 0.116. The van der Waals surface area contributed by atoms with Gasteiger partial charge in [0.25, 0.3) is 0 Å². The number of rotatable bonds is 4. The first-order valence-corrected chi connectivity index (χ1v) is 7.79. The molecule has 0 spiro atoms. The maximum atomic E-state index is 12.0. The Labute approximate surface area is 121 Å². The normalized spacial score (nSPS) is 20.4. The summed E-state index contributed by atoms with van der Waals surface area (Å²) in [5, 5.41) is 9.69. The number of imide groups is 1. The molecule has 7 heteroatoms. The van der Waals surface area contributed by atoms with Gasteiger partial charge in [-0.15, -0.1) is 0 Å². The number of thiophene rings is 1. The first kappa shape index (κ1) is 13.4. The van der Waals surface area contributed by atoms with E-state index in [1.807, 2.05) is 0 Å². The van der Waals surface area contributed by atoms with Gasteiger partial charge in [-0.3, -0.25) is 4.90 Å². The van der Waals surface area contributed by atoms with E-state index in [9.17, 15) is 9.59 Å². The summed E-state index contributed by atoms with van der Waals surface area (Å²) in [4.78, 5) is 27.0. The third-order valence-electron chi connectivity index (χ3n) is 3.81. The molecule has 108 valence electrons. The van der Waals surface area contributed by atoms with E-state index >= 15 is 0 Å². The van der Waals surface area contributed by atoms with Crippen LogP contribution >= 0.6 is 11.3 Å². The van der Waals surface area contributed by atoms with Crippen molar-refractivity contribution in [3.05, 3.63) is 22.4 Å². The molecule has 6 nitrogen and oxygen atoms in total. The number of likely N-dealkylation sites (tertiary alicyclic amines) is 1. The summed E-state index contributed by atoms with van der Waals surface area (Å²) in [5.74, 6) is 0. The van der Waals surface area contributed by atoms with Crippen LogP contribution in [0.2, 0.25) is 0 Å². The van der Waals surface area contributed by atoms with Crippen LogP contribution in [0.5, 0.6) is 0 Å². The molecule has 20 heavy (non-hydrogen) atoms. The van der Waals surface area contributed by atoms with Crippen LogP contribution in [-0.4, -0.2) is 54.6 Å². The van der Waals surface area contributed by atoms with E-state index in [1.165, 1.54) is 16.9 Å². The van der Waals surface area contributed by atoms with E-state index in [-0.39, 0.29) is 18.1 Å². The van der Waals surface area contributed by atoms with Crippen molar-refractivity contribution in [2.45, 2.75) is 12.5 Å². The van der Waals surface area contributed by atoms with Crippen molar-refractivity contribution in [3.63, 3.8) is 0 Å². The van der Waals surface area contributed by atoms with Gasteiger partial charge in [0.15, 0.2) is 0 Å². The minimum atomic E-state index is -0.307. The minimum Gasteiger partial charge on any atom is -0.336 e. The Morgan fingerprint density at radius 3 is 2.85 bits per heavy atom. The fourth-order valence-corrected chi connectivity index (χ4v) is 3.23. The molecule has 1 aromatic rings. The lowest BCUT2D eigenvalue weighted by Gasteiger charge is -2.38. The zero-order valence-corrected chi connectivity index (χ0v) is 12.0. The molecule has 2 fully saturated rings. The van der Waals surface area contributed by atoms with Crippen LogP contribution in [0.25, 0.3) is 0 Å². The molecule has 1 atom stereocenters. The van der Waals surface area contributed by atoms with Crippen LogP contribution in [-0.2, 0) is 0 Å². The molecule has 2 saturated heterocycles. The van der Waals surface area contributed by atoms with Crippen molar-refractivity contribution in [2.75, 3.05) is 32.7 Å². The van der Waals surface area contributed by atoms with Gasteiger partial charge in [0.2, 0.25) is 0 Å². The van der Waals surface area contributed by atoms with Gasteiger partial charge in [0, 0.05) is 32.7 Å². The summed E-state index contributed by atoms with van der Waals surface area (Å²) in [6, 6.07) is 1.70. The standard InChI is InChI=1S/C13H18N4O2S/c18-12-14-3-6-17(12)13(19)15-8-11(16-4-1-5-16)10-2-7-20-9-10/h2,7,9,11H,1,3-6,8H2,(H,14,18)(H,15,19). The second-order valence-corrected chi connectivity index (χ2v) is 5.81. The molecular weight excluding hydrogens is 276 g/mol. The third kappa shape index (κ3) is 2.64. The lowest BCUT2D eigenvalue weighted by Crippen LogP contribution is -2.48. The highest BCUT2D eigenvalue weighted by atomic mass is 32.1. The Kier molecular flexibility index (Phi) is 3.88. The fraction of sp³-hybridized carbons (Fsp3) is 0.538. The molecule has 0 bridgehead atoms. The maximum absolute atomic E-state index is 12.0. The van der Waals surface area contributed by atoms with Gasteiger partial charge in [-0.2, -0.15) is 11.3 Å². The predicted molar refractivity (Wildman–Crippen MR) is 76.8 cm³/mol. The second kappa shape index (κ2) is 5.80. The maximum Gasteiger partial charge on any atom is 0.325 e. The van der Waals surface area contributed by atoms with Gasteiger partial charge in [0.05, 0.1) is 6.04 Å². The van der Waals surface area contributed by atoms with Crippen LogP contribution in [0.3, 0.4) is 0 Å². The molecule has 3 heterocycles. The van der Waals surface area contributed by atoms with E-state index in [0.29, 0.717) is 19.6 Å². The molecule has 2 aliphatic rings. The number of urea groups is 2. The average Bonchev–Trinajstić information content (AvgIpc) is 3.02. The molecule has 1 unspecified atom stereocenters. The minimum absolute atomic E-state index is 0.213. The Hall–Kier alpha value is -1.60. The first-order valence-electron chi connectivity index (χ1n) is 6.85. The number of nitrogens with one attached hydrogen (secondary N) is 2. The number of hydrogen-bond acceptors (Lipinski definition) is 4. The van der Waals surface area contributed by atoms with Crippen LogP contribution in [0.1, 0.15) is 18.0 Å². The van der Waals surface area contributed by atoms with E-state index in [1.54, 1.807) is 11.3 Å². The van der Waals surface area contributed by atoms with Gasteiger partial charge in [-0.1, -0.05) is 0 Å². The van der Waals surface area contributed by atoms with Gasteiger partial charge >= 0.3 is 12.1 Å². The number of nitrogens with zero attached hydrogens (tertiary/aromatic N) is 2. The highest BCUT2D eigenvalue weighted by molar-refractivity contribution is 7.07. The van der Waals surface area contributed by atoms with E-state index in [2.05, 4.69) is 32.4 Å². The number of hydrogen-bond donors (Lipinski definition) is 2. The molecule has 0 saturated carbocycles. The van der Waals surface area contributed by atoms with Crippen molar-refractivity contribution in [3.8, 4) is 0 Å². The molecule has 1 aromatic heterocycles. The lowest BCUT2D eigenvalue weighted by atomic mass is 10.0. The van der Waals surface area contributed by atoms with Gasteiger partial charge < -0.3 is 10.6 Å². The molecule has 3 rings (SSSR count). The summed E-state index contributed by atoms with van der Waals surface area (Å²) < 4.78 is 0. The van der Waals surface area contributed by atoms with E-state index < -0.39 is 0 Å². The molecule has 4 amide bonds. The summed E-state index contributed by atoms with van der Waals surface area (Å²) in [6.45, 7) is 3.66. The van der Waals surface area contributed by atoms with Crippen molar-refractivity contribution in [1.82, 2.24) is 20.4 Å². The monoisotopic (exact) mass is 294 g/mol. The van der Waals surface area contributed by atoms with Gasteiger partial charge in [0.1, 0.15) is 0 Å². The molecule has 0 aliphatic carbocycles. The molecule has 2 aliphatic heterocycles. The van der Waals surface area contributed by atoms with Gasteiger partial charge in [-0.25, -0.2) is 14.5 Å². The van der Waals surface area contributed by atoms with Crippen molar-refractivity contribution < 1.29 is 9.59 Å². The Balaban J connectivity index is 1.59. The van der Waals surface area contributed by atoms with Crippen molar-refractivity contribution >= 4 is 23.4 Å². The van der Waals surface area contributed by atoms with Crippen LogP contribution < -0.4 is 10.6 Å². The average molecular weight is 294 g/mol. The van der Waals surface area contributed by atoms with Gasteiger partial charge in [-0.05, 0) is 28.8 Å². The zero-order valence-electron chi connectivity index (χ0n) is 11.2. The SMILES string of the molecule is O=C1NCCN1C(=O)NCC(c1ccsc1)N1CCC1. The topological polar surface area (TPSA) is 64.7 Å². The molecule has 0 radical (unpaired) electrons. The Morgan fingerprint density at radius 2 is 2.30 bits per heavy atom. The van der Waals surface area contributed by atoms with Crippen molar-refractivity contribution in [2.24, 2.45) is 0 Å². The number of amides is 4. The molecule has 0 aromatic carbocycles. The van der Waals surface area contributed by atoms with Crippen molar-refractivity contribution in [1.29, 1.82) is 0 Å². The molecular formula is C13H18N4O2S. The molecule has 2 N–H and O–H groups in total. The van der Waals surface area contributed by atoms with Crippen LogP contribution in [0.15, 0.2) is 16.8 Å². The fourth-order valence-electron chi connectivity index (χ4n) is 2.52. The predicted octanol–water partition coefficient (Wildman–Crippen LogP) is 1.23. The van der Waals surface area contributed by atoms with Crippen LogP contribution in [0, 0.1) is 0 Å². The second-order valence-electron chi connectivity index (χ2n) is 5.03. The quantitative estimate of drug-likeness (QED) is 0.878. The summed E-state index contributed by atoms with van der Waals surface area (Å²) in [7, 11) is 0. The third-order valence-corrected chi connectivity index (χ3v) is 4.51. The van der Waals surface area contributed by atoms with E-state index in [4.69, 9.17) is 0 Å². The summed E-state index contributed by atoms with van der Waals surface area (Å²) >= 11 is 1.67. The first-order chi connectivity index (χ1) is 9.75. The summed E-state index contributed by atoms with van der Waals surface area (Å²) in [5.41, 5.74) is 1.24. The highest BCUT2D eigenvalue weighted by Gasteiger charge is 2.29. The van der Waals surface area contributed by atoms with E-state index in [0.717, 1.165) is 13.1 Å². The largest absolute Gasteiger partial charge is 0.336 e. The highest BCUT2D eigenvalue weighted by Crippen LogP contribution is 2.26. The number of carbonyl (C=O) groups is 2.